The van der Waals surface area contributed by atoms with Gasteiger partial charge in [0.1, 0.15) is 11.6 Å². The van der Waals surface area contributed by atoms with Gasteiger partial charge in [0.15, 0.2) is 5.78 Å². The molecule has 1 heterocycles. The average Bonchev–Trinajstić information content (AvgIpc) is 2.88. The van der Waals surface area contributed by atoms with Crippen molar-refractivity contribution in [1.29, 1.82) is 0 Å². The van der Waals surface area contributed by atoms with E-state index in [0.717, 1.165) is 4.88 Å². The van der Waals surface area contributed by atoms with Gasteiger partial charge in [0, 0.05) is 12.5 Å². The van der Waals surface area contributed by atoms with Crippen LogP contribution in [-0.2, 0) is 0 Å². The van der Waals surface area contributed by atoms with Crippen molar-refractivity contribution in [1.82, 2.24) is 0 Å². The van der Waals surface area contributed by atoms with Crippen molar-refractivity contribution in [2.24, 2.45) is 0 Å². The second-order valence-corrected chi connectivity index (χ2v) is 4.76. The molecule has 0 spiro atoms. The minimum atomic E-state index is -0.317. The fourth-order valence-electron chi connectivity index (χ4n) is 1.54. The number of thiophene rings is 1. The van der Waals surface area contributed by atoms with Gasteiger partial charge < -0.3 is 4.74 Å². The number of carbonyl (C=O) groups excluding carboxylic acids is 1. The summed E-state index contributed by atoms with van der Waals surface area (Å²) in [5.41, 5.74) is 0. The molecule has 18 heavy (non-hydrogen) atoms. The topological polar surface area (TPSA) is 26.3 Å². The van der Waals surface area contributed by atoms with E-state index in [4.69, 9.17) is 4.74 Å². The van der Waals surface area contributed by atoms with Gasteiger partial charge in [0.25, 0.3) is 0 Å². The highest BCUT2D eigenvalue weighted by molar-refractivity contribution is 7.12. The molecule has 0 unspecified atom stereocenters. The van der Waals surface area contributed by atoms with Crippen molar-refractivity contribution in [2.75, 3.05) is 6.61 Å². The monoisotopic (exact) mass is 264 g/mol. The molecule has 0 atom stereocenters. The number of hydrogen-bond acceptors (Lipinski definition) is 3. The molecular formula is C14H13FO2S. The summed E-state index contributed by atoms with van der Waals surface area (Å²) >= 11 is 1.45. The molecule has 0 radical (unpaired) electrons. The number of Topliss-reactive ketones (excluding diaryl/α,β-unsaturated/α-hetero) is 1. The second-order valence-electron chi connectivity index (χ2n) is 3.81. The zero-order chi connectivity index (χ0) is 12.8. The number of ether oxygens (including phenoxy) is 1. The van der Waals surface area contributed by atoms with Crippen LogP contribution >= 0.6 is 11.3 Å². The summed E-state index contributed by atoms with van der Waals surface area (Å²) in [5, 5.41) is 1.89. The Morgan fingerprint density at radius 3 is 2.89 bits per heavy atom. The maximum Gasteiger partial charge on any atom is 0.172 e. The highest BCUT2D eigenvalue weighted by atomic mass is 32.1. The molecule has 0 N–H and O–H groups in total. The van der Waals surface area contributed by atoms with E-state index in [9.17, 15) is 9.18 Å². The Bertz CT molecular complexity index is 508. The molecule has 4 heteroatoms. The maximum atomic E-state index is 12.9. The Morgan fingerprint density at radius 2 is 2.17 bits per heavy atom. The van der Waals surface area contributed by atoms with Crippen molar-refractivity contribution >= 4 is 17.1 Å². The number of halogens is 1. The summed E-state index contributed by atoms with van der Waals surface area (Å²) in [6.07, 6.45) is 1.09. The Balaban J connectivity index is 1.72. The second kappa shape index (κ2) is 6.31. The summed E-state index contributed by atoms with van der Waals surface area (Å²) in [7, 11) is 0. The number of hydrogen-bond donors (Lipinski definition) is 0. The van der Waals surface area contributed by atoms with Crippen LogP contribution in [-0.4, -0.2) is 12.4 Å². The van der Waals surface area contributed by atoms with Gasteiger partial charge in [0.05, 0.1) is 11.5 Å². The van der Waals surface area contributed by atoms with Crippen molar-refractivity contribution < 1.29 is 13.9 Å². The van der Waals surface area contributed by atoms with Crippen molar-refractivity contribution in [3.8, 4) is 5.75 Å². The molecule has 94 valence electrons. The van der Waals surface area contributed by atoms with Gasteiger partial charge in [-0.15, -0.1) is 11.3 Å². The van der Waals surface area contributed by atoms with Gasteiger partial charge in [-0.1, -0.05) is 12.1 Å². The smallest absolute Gasteiger partial charge is 0.172 e. The van der Waals surface area contributed by atoms with Crippen LogP contribution in [0.25, 0.3) is 0 Å². The van der Waals surface area contributed by atoms with Gasteiger partial charge in [0.2, 0.25) is 0 Å². The molecule has 0 aliphatic heterocycles. The van der Waals surface area contributed by atoms with E-state index >= 15 is 0 Å². The zero-order valence-corrected chi connectivity index (χ0v) is 10.6. The van der Waals surface area contributed by atoms with Crippen molar-refractivity contribution in [3.63, 3.8) is 0 Å². The average molecular weight is 264 g/mol. The molecule has 0 fully saturated rings. The molecule has 1 aromatic carbocycles. The predicted octanol–water partition coefficient (Wildman–Crippen LogP) is 3.93. The molecule has 2 aromatic rings. The number of rotatable bonds is 6. The molecule has 2 rings (SSSR count). The molecule has 0 aliphatic carbocycles. The maximum absolute atomic E-state index is 12.9. The normalized spacial score (nSPS) is 10.3. The first-order valence-corrected chi connectivity index (χ1v) is 6.59. The first kappa shape index (κ1) is 12.8. The molecule has 2 nitrogen and oxygen atoms in total. The molecule has 0 aliphatic rings. The molecule has 0 bridgehead atoms. The Kier molecular flexibility index (Phi) is 4.47. The van der Waals surface area contributed by atoms with E-state index in [1.54, 1.807) is 12.1 Å². The van der Waals surface area contributed by atoms with E-state index in [0.29, 0.717) is 25.2 Å². The summed E-state index contributed by atoms with van der Waals surface area (Å²) in [4.78, 5) is 12.4. The first-order chi connectivity index (χ1) is 8.75. The third-order valence-electron chi connectivity index (χ3n) is 2.41. The quantitative estimate of drug-likeness (QED) is 0.583. The van der Waals surface area contributed by atoms with Gasteiger partial charge in [-0.05, 0) is 30.0 Å². The highest BCUT2D eigenvalue weighted by Crippen LogP contribution is 2.14. The van der Waals surface area contributed by atoms with E-state index in [1.165, 1.54) is 23.5 Å². The van der Waals surface area contributed by atoms with Gasteiger partial charge in [-0.2, -0.15) is 0 Å². The molecule has 0 amide bonds. The molecular weight excluding hydrogens is 251 g/mol. The molecule has 0 saturated heterocycles. The van der Waals surface area contributed by atoms with Crippen LogP contribution in [0.2, 0.25) is 0 Å². The predicted molar refractivity (Wildman–Crippen MR) is 69.8 cm³/mol. The zero-order valence-electron chi connectivity index (χ0n) is 9.77. The number of ketones is 1. The van der Waals surface area contributed by atoms with E-state index in [1.807, 2.05) is 17.5 Å². The minimum absolute atomic E-state index is 0.132. The third kappa shape index (κ3) is 3.67. The van der Waals surface area contributed by atoms with Crippen molar-refractivity contribution in [2.45, 2.75) is 12.8 Å². The van der Waals surface area contributed by atoms with Crippen LogP contribution in [0.1, 0.15) is 22.5 Å². The van der Waals surface area contributed by atoms with E-state index < -0.39 is 0 Å². The van der Waals surface area contributed by atoms with Crippen LogP contribution in [0.3, 0.4) is 0 Å². The third-order valence-corrected chi connectivity index (χ3v) is 3.32. The van der Waals surface area contributed by atoms with Crippen molar-refractivity contribution in [3.05, 3.63) is 52.5 Å². The largest absolute Gasteiger partial charge is 0.493 e. The molecule has 0 saturated carbocycles. The lowest BCUT2D eigenvalue weighted by atomic mass is 10.2. The van der Waals surface area contributed by atoms with Gasteiger partial charge in [-0.25, -0.2) is 4.39 Å². The summed E-state index contributed by atoms with van der Waals surface area (Å²) in [6.45, 7) is 0.417. The summed E-state index contributed by atoms with van der Waals surface area (Å²) in [6, 6.07) is 9.68. The molecule has 1 aromatic heterocycles. The fourth-order valence-corrected chi connectivity index (χ4v) is 2.23. The van der Waals surface area contributed by atoms with Crippen LogP contribution < -0.4 is 4.74 Å². The number of benzene rings is 1. The Morgan fingerprint density at radius 1 is 1.28 bits per heavy atom. The van der Waals surface area contributed by atoms with Crippen LogP contribution in [0, 0.1) is 5.82 Å². The summed E-state index contributed by atoms with van der Waals surface area (Å²) < 4.78 is 18.2. The Hall–Kier alpha value is -1.68. The highest BCUT2D eigenvalue weighted by Gasteiger charge is 2.06. The first-order valence-electron chi connectivity index (χ1n) is 5.71. The Labute approximate surface area is 109 Å². The lowest BCUT2D eigenvalue weighted by Crippen LogP contribution is -2.02. The van der Waals surface area contributed by atoms with Gasteiger partial charge in [-0.3, -0.25) is 4.79 Å². The van der Waals surface area contributed by atoms with Crippen LogP contribution in [0.5, 0.6) is 5.75 Å². The fraction of sp³-hybridized carbons (Fsp3) is 0.214. The lowest BCUT2D eigenvalue weighted by molar-refractivity contribution is 0.0977. The standard InChI is InChI=1S/C14H13FO2S/c15-11-4-1-5-12(10-11)17-8-2-6-13(16)14-7-3-9-18-14/h1,3-5,7,9-10H,2,6,8H2. The van der Waals surface area contributed by atoms with Crippen LogP contribution in [0.15, 0.2) is 41.8 Å². The van der Waals surface area contributed by atoms with E-state index in [2.05, 4.69) is 0 Å². The van der Waals surface area contributed by atoms with Crippen LogP contribution in [0.4, 0.5) is 4.39 Å². The minimum Gasteiger partial charge on any atom is -0.493 e. The lowest BCUT2D eigenvalue weighted by Gasteiger charge is -2.05. The number of carbonyl (C=O) groups is 1. The van der Waals surface area contributed by atoms with Gasteiger partial charge >= 0.3 is 0 Å². The SMILES string of the molecule is O=C(CCCOc1cccc(F)c1)c1cccs1. The van der Waals surface area contributed by atoms with E-state index in [-0.39, 0.29) is 11.6 Å². The summed E-state index contributed by atoms with van der Waals surface area (Å²) in [5.74, 6) is 0.313.